The fourth-order valence-electron chi connectivity index (χ4n) is 1.79. The molecule has 0 saturated heterocycles. The predicted molar refractivity (Wildman–Crippen MR) is 81.0 cm³/mol. The lowest BCUT2D eigenvalue weighted by Crippen LogP contribution is -2.11. The number of benzene rings is 1. The molecule has 0 bridgehead atoms. The first kappa shape index (κ1) is 12.7. The Kier molecular flexibility index (Phi) is 3.72. The molecular formula is C13H18N4S. The standard InChI is InChI=1S/C13H18N4S/c1-14-10-6-5-9(7-11(10)17(3)4)12-8-16-13(15-2)18-12/h5-8,14H,1-4H3,(H,15,16). The molecule has 2 rings (SSSR count). The van der Waals surface area contributed by atoms with E-state index in [9.17, 15) is 0 Å². The molecule has 1 aromatic heterocycles. The summed E-state index contributed by atoms with van der Waals surface area (Å²) < 4.78 is 0. The lowest BCUT2D eigenvalue weighted by Gasteiger charge is -2.18. The maximum absolute atomic E-state index is 4.31. The van der Waals surface area contributed by atoms with E-state index >= 15 is 0 Å². The third kappa shape index (κ3) is 2.41. The zero-order chi connectivity index (χ0) is 13.1. The molecular weight excluding hydrogens is 244 g/mol. The fraction of sp³-hybridized carbons (Fsp3) is 0.308. The van der Waals surface area contributed by atoms with Crippen molar-refractivity contribution in [2.24, 2.45) is 0 Å². The van der Waals surface area contributed by atoms with E-state index in [2.05, 4.69) is 38.7 Å². The summed E-state index contributed by atoms with van der Waals surface area (Å²) in [6.07, 6.45) is 1.91. The van der Waals surface area contributed by atoms with Gasteiger partial charge in [0, 0.05) is 34.4 Å². The minimum Gasteiger partial charge on any atom is -0.386 e. The van der Waals surface area contributed by atoms with Gasteiger partial charge in [0.25, 0.3) is 0 Å². The molecule has 18 heavy (non-hydrogen) atoms. The number of rotatable bonds is 4. The molecule has 5 heteroatoms. The van der Waals surface area contributed by atoms with Crippen LogP contribution in [0.25, 0.3) is 10.4 Å². The first-order valence-corrected chi connectivity index (χ1v) is 6.60. The highest BCUT2D eigenvalue weighted by atomic mass is 32.1. The Morgan fingerprint density at radius 2 is 1.94 bits per heavy atom. The van der Waals surface area contributed by atoms with E-state index in [0.29, 0.717) is 0 Å². The Morgan fingerprint density at radius 1 is 1.17 bits per heavy atom. The van der Waals surface area contributed by atoms with Gasteiger partial charge in [0.15, 0.2) is 5.13 Å². The third-order valence-electron chi connectivity index (χ3n) is 2.75. The highest BCUT2D eigenvalue weighted by molar-refractivity contribution is 7.18. The normalized spacial score (nSPS) is 10.2. The van der Waals surface area contributed by atoms with Crippen molar-refractivity contribution < 1.29 is 0 Å². The van der Waals surface area contributed by atoms with Crippen molar-refractivity contribution in [1.29, 1.82) is 0 Å². The lowest BCUT2D eigenvalue weighted by molar-refractivity contribution is 1.13. The molecule has 0 unspecified atom stereocenters. The lowest BCUT2D eigenvalue weighted by atomic mass is 10.1. The predicted octanol–water partition coefficient (Wildman–Crippen LogP) is 2.96. The first-order chi connectivity index (χ1) is 8.65. The molecule has 0 aliphatic rings. The van der Waals surface area contributed by atoms with Crippen LogP contribution in [0.3, 0.4) is 0 Å². The molecule has 0 atom stereocenters. The van der Waals surface area contributed by atoms with Crippen LogP contribution in [0.5, 0.6) is 0 Å². The molecule has 0 aliphatic carbocycles. The van der Waals surface area contributed by atoms with Crippen LogP contribution in [0, 0.1) is 0 Å². The number of nitrogens with zero attached hydrogens (tertiary/aromatic N) is 2. The van der Waals surface area contributed by atoms with Gasteiger partial charge in [-0.05, 0) is 17.7 Å². The second-order valence-corrected chi connectivity index (χ2v) is 5.19. The maximum atomic E-state index is 4.31. The molecule has 2 N–H and O–H groups in total. The van der Waals surface area contributed by atoms with E-state index in [1.807, 2.05) is 34.4 Å². The highest BCUT2D eigenvalue weighted by Gasteiger charge is 2.08. The van der Waals surface area contributed by atoms with Gasteiger partial charge < -0.3 is 15.5 Å². The number of hydrogen-bond donors (Lipinski definition) is 2. The molecule has 0 fully saturated rings. The molecule has 1 aromatic carbocycles. The molecule has 2 aromatic rings. The summed E-state index contributed by atoms with van der Waals surface area (Å²) in [6, 6.07) is 6.40. The van der Waals surface area contributed by atoms with Gasteiger partial charge in [-0.2, -0.15) is 0 Å². The van der Waals surface area contributed by atoms with Crippen LogP contribution in [-0.2, 0) is 0 Å². The van der Waals surface area contributed by atoms with Gasteiger partial charge in [0.2, 0.25) is 0 Å². The van der Waals surface area contributed by atoms with Crippen LogP contribution in [0.1, 0.15) is 0 Å². The van der Waals surface area contributed by atoms with Crippen molar-refractivity contribution in [3.8, 4) is 10.4 Å². The molecule has 0 amide bonds. The van der Waals surface area contributed by atoms with Crippen LogP contribution in [-0.4, -0.2) is 33.2 Å². The molecule has 0 aliphatic heterocycles. The van der Waals surface area contributed by atoms with Crippen LogP contribution in [0.4, 0.5) is 16.5 Å². The Balaban J connectivity index is 2.42. The molecule has 0 radical (unpaired) electrons. The summed E-state index contributed by atoms with van der Waals surface area (Å²) in [6.45, 7) is 0. The Hall–Kier alpha value is -1.75. The summed E-state index contributed by atoms with van der Waals surface area (Å²) in [5.74, 6) is 0. The number of thiazole rings is 1. The number of nitrogens with one attached hydrogen (secondary N) is 2. The Bertz CT molecular complexity index is 534. The summed E-state index contributed by atoms with van der Waals surface area (Å²) >= 11 is 1.66. The molecule has 0 spiro atoms. The van der Waals surface area contributed by atoms with E-state index in [-0.39, 0.29) is 0 Å². The van der Waals surface area contributed by atoms with Gasteiger partial charge in [-0.25, -0.2) is 4.98 Å². The summed E-state index contributed by atoms with van der Waals surface area (Å²) in [7, 11) is 7.92. The van der Waals surface area contributed by atoms with Crippen molar-refractivity contribution in [2.75, 3.05) is 43.7 Å². The molecule has 96 valence electrons. The zero-order valence-corrected chi connectivity index (χ0v) is 11.9. The molecule has 1 heterocycles. The quantitative estimate of drug-likeness (QED) is 0.888. The van der Waals surface area contributed by atoms with Crippen LogP contribution >= 0.6 is 11.3 Å². The fourth-order valence-corrected chi connectivity index (χ4v) is 2.56. The second-order valence-electron chi connectivity index (χ2n) is 4.16. The first-order valence-electron chi connectivity index (χ1n) is 5.78. The smallest absolute Gasteiger partial charge is 0.182 e. The monoisotopic (exact) mass is 262 g/mol. The van der Waals surface area contributed by atoms with Gasteiger partial charge >= 0.3 is 0 Å². The number of hydrogen-bond acceptors (Lipinski definition) is 5. The van der Waals surface area contributed by atoms with E-state index in [0.717, 1.165) is 10.8 Å². The number of anilines is 3. The largest absolute Gasteiger partial charge is 0.386 e. The average Bonchev–Trinajstić information content (AvgIpc) is 2.86. The summed E-state index contributed by atoms with van der Waals surface area (Å²) in [5.41, 5.74) is 3.49. The van der Waals surface area contributed by atoms with Gasteiger partial charge in [0.05, 0.1) is 16.3 Å². The van der Waals surface area contributed by atoms with Crippen molar-refractivity contribution in [2.45, 2.75) is 0 Å². The van der Waals surface area contributed by atoms with Gasteiger partial charge in [-0.15, -0.1) is 0 Å². The summed E-state index contributed by atoms with van der Waals surface area (Å²) in [4.78, 5) is 7.58. The van der Waals surface area contributed by atoms with Gasteiger partial charge in [-0.1, -0.05) is 17.4 Å². The van der Waals surface area contributed by atoms with E-state index < -0.39 is 0 Å². The van der Waals surface area contributed by atoms with E-state index in [4.69, 9.17) is 0 Å². The van der Waals surface area contributed by atoms with Crippen molar-refractivity contribution in [3.05, 3.63) is 24.4 Å². The topological polar surface area (TPSA) is 40.2 Å². The minimum atomic E-state index is 0.939. The average molecular weight is 262 g/mol. The van der Waals surface area contributed by atoms with Crippen LogP contribution in [0.2, 0.25) is 0 Å². The zero-order valence-electron chi connectivity index (χ0n) is 11.1. The molecule has 4 nitrogen and oxygen atoms in total. The van der Waals surface area contributed by atoms with Crippen molar-refractivity contribution >= 4 is 27.8 Å². The Morgan fingerprint density at radius 3 is 2.50 bits per heavy atom. The van der Waals surface area contributed by atoms with Crippen LogP contribution < -0.4 is 15.5 Å². The third-order valence-corrected chi connectivity index (χ3v) is 3.82. The van der Waals surface area contributed by atoms with Crippen molar-refractivity contribution in [3.63, 3.8) is 0 Å². The summed E-state index contributed by atoms with van der Waals surface area (Å²) in [5, 5.41) is 7.21. The molecule has 0 saturated carbocycles. The van der Waals surface area contributed by atoms with Gasteiger partial charge in [-0.3, -0.25) is 0 Å². The van der Waals surface area contributed by atoms with Gasteiger partial charge in [0.1, 0.15) is 0 Å². The Labute approximate surface area is 112 Å². The second kappa shape index (κ2) is 5.27. The SMILES string of the molecule is CNc1ncc(-c2ccc(NC)c(N(C)C)c2)s1. The minimum absolute atomic E-state index is 0.939. The van der Waals surface area contributed by atoms with Crippen LogP contribution in [0.15, 0.2) is 24.4 Å². The van der Waals surface area contributed by atoms with E-state index in [1.165, 1.54) is 16.1 Å². The number of aromatic nitrogens is 1. The highest BCUT2D eigenvalue weighted by Crippen LogP contribution is 2.34. The van der Waals surface area contributed by atoms with Crippen molar-refractivity contribution in [1.82, 2.24) is 4.98 Å². The van der Waals surface area contributed by atoms with E-state index in [1.54, 1.807) is 11.3 Å². The maximum Gasteiger partial charge on any atom is 0.182 e.